The molecule has 0 atom stereocenters. The Kier molecular flexibility index (Phi) is 4.23. The smallest absolute Gasteiger partial charge is 0.154 e. The van der Waals surface area contributed by atoms with Crippen LogP contribution in [0.5, 0.6) is 0 Å². The Labute approximate surface area is 125 Å². The molecule has 0 bridgehead atoms. The van der Waals surface area contributed by atoms with Crippen molar-refractivity contribution in [2.24, 2.45) is 0 Å². The first-order valence-corrected chi connectivity index (χ1v) is 7.55. The number of hydrogen-bond acceptors (Lipinski definition) is 3. The van der Waals surface area contributed by atoms with E-state index in [2.05, 4.69) is 55.7 Å². The molecule has 0 aliphatic carbocycles. The molecule has 0 aliphatic rings. The van der Waals surface area contributed by atoms with Crippen molar-refractivity contribution >= 4 is 22.9 Å². The van der Waals surface area contributed by atoms with Gasteiger partial charge in [-0.25, -0.2) is 9.50 Å². The van der Waals surface area contributed by atoms with Crippen molar-refractivity contribution < 1.29 is 0 Å². The summed E-state index contributed by atoms with van der Waals surface area (Å²) in [7, 11) is 0. The Morgan fingerprint density at radius 1 is 1.35 bits per heavy atom. The van der Waals surface area contributed by atoms with Crippen molar-refractivity contribution in [2.75, 3.05) is 17.3 Å². The summed E-state index contributed by atoms with van der Waals surface area (Å²) in [5, 5.41) is 4.66. The van der Waals surface area contributed by atoms with Crippen molar-refractivity contribution in [2.45, 2.75) is 46.1 Å². The zero-order chi connectivity index (χ0) is 14.9. The first kappa shape index (κ1) is 15.1. The van der Waals surface area contributed by atoms with Crippen LogP contribution >= 0.6 is 11.6 Å². The van der Waals surface area contributed by atoms with Gasteiger partial charge in [-0.3, -0.25) is 0 Å². The van der Waals surface area contributed by atoms with Gasteiger partial charge in [0.05, 0.1) is 5.69 Å². The van der Waals surface area contributed by atoms with Gasteiger partial charge in [-0.1, -0.05) is 20.8 Å². The molecule has 0 N–H and O–H groups in total. The predicted molar refractivity (Wildman–Crippen MR) is 84.9 cm³/mol. The molecule has 4 nitrogen and oxygen atoms in total. The second kappa shape index (κ2) is 5.60. The van der Waals surface area contributed by atoms with E-state index in [0.29, 0.717) is 11.9 Å². The third kappa shape index (κ3) is 2.90. The Bertz CT molecular complexity index is 583. The van der Waals surface area contributed by atoms with Gasteiger partial charge in [0.1, 0.15) is 5.52 Å². The third-order valence-corrected chi connectivity index (χ3v) is 3.53. The van der Waals surface area contributed by atoms with E-state index >= 15 is 0 Å². The first-order valence-electron chi connectivity index (χ1n) is 7.02. The molecule has 110 valence electrons. The van der Waals surface area contributed by atoms with Crippen LogP contribution in [0.1, 0.15) is 40.3 Å². The minimum absolute atomic E-state index is 0.0262. The average Bonchev–Trinajstić information content (AvgIpc) is 2.79. The van der Waals surface area contributed by atoms with Crippen LogP contribution in [0.15, 0.2) is 18.5 Å². The molecule has 0 saturated carbocycles. The Hall–Kier alpha value is -1.29. The predicted octanol–water partition coefficient (Wildman–Crippen LogP) is 3.48. The average molecular weight is 295 g/mol. The fraction of sp³-hybridized carbons (Fsp3) is 0.600. The van der Waals surface area contributed by atoms with Crippen molar-refractivity contribution in [3.05, 3.63) is 24.2 Å². The molecule has 0 radical (unpaired) electrons. The first-order chi connectivity index (χ1) is 9.34. The zero-order valence-corrected chi connectivity index (χ0v) is 13.6. The van der Waals surface area contributed by atoms with E-state index in [4.69, 9.17) is 11.6 Å². The lowest BCUT2D eigenvalue weighted by Gasteiger charge is -2.27. The number of fused-ring (bicyclic) bond motifs is 1. The molecule has 0 aliphatic heterocycles. The highest BCUT2D eigenvalue weighted by molar-refractivity contribution is 6.18. The fourth-order valence-electron chi connectivity index (χ4n) is 2.20. The number of aromatic nitrogens is 3. The molecule has 2 rings (SSSR count). The van der Waals surface area contributed by atoms with Gasteiger partial charge < -0.3 is 4.90 Å². The molecular formula is C15H23ClN4. The van der Waals surface area contributed by atoms with Crippen LogP contribution in [0, 0.1) is 0 Å². The maximum absolute atomic E-state index is 5.93. The number of anilines is 1. The van der Waals surface area contributed by atoms with Crippen LogP contribution in [0.2, 0.25) is 0 Å². The van der Waals surface area contributed by atoms with E-state index in [-0.39, 0.29) is 5.41 Å². The summed E-state index contributed by atoms with van der Waals surface area (Å²) in [6.45, 7) is 11.6. The van der Waals surface area contributed by atoms with Gasteiger partial charge in [0, 0.05) is 36.3 Å². The Morgan fingerprint density at radius 2 is 2.05 bits per heavy atom. The van der Waals surface area contributed by atoms with E-state index in [1.54, 1.807) is 6.20 Å². The van der Waals surface area contributed by atoms with Crippen molar-refractivity contribution in [3.8, 4) is 0 Å². The van der Waals surface area contributed by atoms with Crippen LogP contribution in [0.4, 0.5) is 5.82 Å². The van der Waals surface area contributed by atoms with Gasteiger partial charge in [0.2, 0.25) is 0 Å². The molecule has 0 saturated heterocycles. The largest absolute Gasteiger partial charge is 0.351 e. The van der Waals surface area contributed by atoms with Crippen LogP contribution in [-0.2, 0) is 5.41 Å². The van der Waals surface area contributed by atoms with Gasteiger partial charge in [0.15, 0.2) is 5.82 Å². The van der Waals surface area contributed by atoms with Crippen LogP contribution in [0.3, 0.4) is 0 Å². The molecule has 0 aromatic carbocycles. The van der Waals surface area contributed by atoms with E-state index in [1.165, 1.54) is 0 Å². The van der Waals surface area contributed by atoms with Crippen LogP contribution in [-0.4, -0.2) is 33.1 Å². The molecule has 2 aromatic heterocycles. The molecule has 20 heavy (non-hydrogen) atoms. The monoisotopic (exact) mass is 294 g/mol. The minimum atomic E-state index is 0.0262. The van der Waals surface area contributed by atoms with Crippen LogP contribution < -0.4 is 4.90 Å². The summed E-state index contributed by atoms with van der Waals surface area (Å²) in [6.07, 6.45) is 3.69. The van der Waals surface area contributed by atoms with Crippen molar-refractivity contribution in [3.63, 3.8) is 0 Å². The number of alkyl halides is 1. The molecule has 0 unspecified atom stereocenters. The topological polar surface area (TPSA) is 33.4 Å². The number of nitrogens with zero attached hydrogens (tertiary/aromatic N) is 4. The third-order valence-electron chi connectivity index (χ3n) is 3.36. The maximum Gasteiger partial charge on any atom is 0.154 e. The van der Waals surface area contributed by atoms with Crippen LogP contribution in [0.25, 0.3) is 5.52 Å². The second-order valence-electron chi connectivity index (χ2n) is 6.34. The fourth-order valence-corrected chi connectivity index (χ4v) is 2.38. The lowest BCUT2D eigenvalue weighted by atomic mass is 9.92. The lowest BCUT2D eigenvalue weighted by Crippen LogP contribution is -2.33. The van der Waals surface area contributed by atoms with Gasteiger partial charge >= 0.3 is 0 Å². The summed E-state index contributed by atoms with van der Waals surface area (Å²) in [4.78, 5) is 6.77. The Morgan fingerprint density at radius 3 is 2.60 bits per heavy atom. The molecule has 2 aromatic rings. The van der Waals surface area contributed by atoms with E-state index < -0.39 is 0 Å². The van der Waals surface area contributed by atoms with Gasteiger partial charge in [-0.05, 0) is 19.9 Å². The summed E-state index contributed by atoms with van der Waals surface area (Å²) >= 11 is 5.93. The quantitative estimate of drug-likeness (QED) is 0.810. The standard InChI is InChI=1S/C15H23ClN4/c1-11(2)19(8-6-16)14-12-10-13(15(3,4)5)18-20(12)9-7-17-14/h7,9-11H,6,8H2,1-5H3. The zero-order valence-electron chi connectivity index (χ0n) is 12.9. The van der Waals surface area contributed by atoms with Gasteiger partial charge in [-0.15, -0.1) is 11.6 Å². The minimum Gasteiger partial charge on any atom is -0.351 e. The number of hydrogen-bond donors (Lipinski definition) is 0. The molecule has 5 heteroatoms. The number of halogens is 1. The summed E-state index contributed by atoms with van der Waals surface area (Å²) in [6, 6.07) is 2.48. The summed E-state index contributed by atoms with van der Waals surface area (Å²) in [5.41, 5.74) is 2.14. The second-order valence-corrected chi connectivity index (χ2v) is 6.71. The molecule has 0 amide bonds. The molecule has 0 fully saturated rings. The maximum atomic E-state index is 5.93. The van der Waals surface area contributed by atoms with Gasteiger partial charge in [0.25, 0.3) is 0 Å². The highest BCUT2D eigenvalue weighted by atomic mass is 35.5. The number of rotatable bonds is 4. The summed E-state index contributed by atoms with van der Waals surface area (Å²) in [5.74, 6) is 1.53. The molecule has 0 spiro atoms. The van der Waals surface area contributed by atoms with Crippen molar-refractivity contribution in [1.29, 1.82) is 0 Å². The van der Waals surface area contributed by atoms with E-state index in [9.17, 15) is 0 Å². The van der Waals surface area contributed by atoms with Crippen molar-refractivity contribution in [1.82, 2.24) is 14.6 Å². The van der Waals surface area contributed by atoms with Gasteiger partial charge in [-0.2, -0.15) is 5.10 Å². The summed E-state index contributed by atoms with van der Waals surface area (Å²) < 4.78 is 1.91. The van der Waals surface area contributed by atoms with E-state index in [1.807, 2.05) is 10.7 Å². The molecule has 2 heterocycles. The van der Waals surface area contributed by atoms with E-state index in [0.717, 1.165) is 23.6 Å². The lowest BCUT2D eigenvalue weighted by molar-refractivity contribution is 0.562. The SMILES string of the molecule is CC(C)N(CCCl)c1nccn2nc(C(C)(C)C)cc12. The normalized spacial score (nSPS) is 12.3. The highest BCUT2D eigenvalue weighted by Gasteiger charge is 2.21. The molecular weight excluding hydrogens is 272 g/mol. The Balaban J connectivity index is 2.56. The highest BCUT2D eigenvalue weighted by Crippen LogP contribution is 2.27.